The Morgan fingerprint density at radius 1 is 1.17 bits per heavy atom. The van der Waals surface area contributed by atoms with Crippen LogP contribution in [-0.2, 0) is 13.6 Å². The number of aryl methyl sites for hydroxylation is 1. The summed E-state index contributed by atoms with van der Waals surface area (Å²) >= 11 is 0. The predicted molar refractivity (Wildman–Crippen MR) is 114 cm³/mol. The quantitative estimate of drug-likeness (QED) is 0.410. The Morgan fingerprint density at radius 3 is 2.73 bits per heavy atom. The van der Waals surface area contributed by atoms with Crippen molar-refractivity contribution in [3.63, 3.8) is 0 Å². The second-order valence-corrected chi connectivity index (χ2v) is 7.40. The maximum absolute atomic E-state index is 12.4. The Balaban J connectivity index is 1.73. The number of H-pyrrole nitrogens is 1. The lowest BCUT2D eigenvalue weighted by atomic mass is 9.87. The van der Waals surface area contributed by atoms with Crippen molar-refractivity contribution in [3.8, 4) is 0 Å². The van der Waals surface area contributed by atoms with Crippen LogP contribution in [0, 0.1) is 0 Å². The first kappa shape index (κ1) is 18.5. The molecule has 2 atom stereocenters. The zero-order chi connectivity index (χ0) is 20.7. The van der Waals surface area contributed by atoms with E-state index in [1.165, 1.54) is 11.9 Å². The molecule has 2 aromatic heterocycles. The molecule has 0 spiro atoms. The van der Waals surface area contributed by atoms with Crippen molar-refractivity contribution in [2.24, 2.45) is 7.05 Å². The van der Waals surface area contributed by atoms with Crippen LogP contribution in [0.2, 0.25) is 0 Å². The van der Waals surface area contributed by atoms with Crippen molar-refractivity contribution in [1.29, 1.82) is 0 Å². The Labute approximate surface area is 172 Å². The van der Waals surface area contributed by atoms with Gasteiger partial charge in [0.1, 0.15) is 12.2 Å². The summed E-state index contributed by atoms with van der Waals surface area (Å²) in [6.45, 7) is 0.802. The van der Waals surface area contributed by atoms with Crippen molar-refractivity contribution >= 4 is 16.5 Å². The van der Waals surface area contributed by atoms with Gasteiger partial charge in [0.25, 0.3) is 5.56 Å². The molecule has 0 saturated carbocycles. The van der Waals surface area contributed by atoms with E-state index in [-0.39, 0.29) is 17.5 Å². The number of benzene rings is 2. The lowest BCUT2D eigenvalue weighted by Gasteiger charge is -2.26. The van der Waals surface area contributed by atoms with Crippen LogP contribution in [0.3, 0.4) is 0 Å². The Bertz CT molecular complexity index is 1260. The molecule has 9 nitrogen and oxygen atoms in total. The number of hydrazine groups is 1. The SMILES string of the molecule is CNCc1ccc(C2NNc3cccc4c(=O)[nH]nc(c34)C2c2ncnn2C)cc1. The van der Waals surface area contributed by atoms with E-state index in [9.17, 15) is 4.79 Å². The number of nitrogens with zero attached hydrogens (tertiary/aromatic N) is 4. The van der Waals surface area contributed by atoms with Gasteiger partial charge in [-0.15, -0.1) is 0 Å². The van der Waals surface area contributed by atoms with E-state index >= 15 is 0 Å². The van der Waals surface area contributed by atoms with Gasteiger partial charge in [0.15, 0.2) is 0 Å². The first-order chi connectivity index (χ1) is 14.7. The lowest BCUT2D eigenvalue weighted by Crippen LogP contribution is -2.32. The van der Waals surface area contributed by atoms with Crippen molar-refractivity contribution in [1.82, 2.24) is 35.7 Å². The first-order valence-electron chi connectivity index (χ1n) is 9.77. The van der Waals surface area contributed by atoms with E-state index in [4.69, 9.17) is 0 Å². The van der Waals surface area contributed by atoms with Crippen LogP contribution >= 0.6 is 0 Å². The molecule has 30 heavy (non-hydrogen) atoms. The number of hydrogen-bond acceptors (Lipinski definition) is 7. The summed E-state index contributed by atoms with van der Waals surface area (Å²) in [6, 6.07) is 13.8. The summed E-state index contributed by atoms with van der Waals surface area (Å²) in [6.07, 6.45) is 1.54. The van der Waals surface area contributed by atoms with Crippen molar-refractivity contribution in [3.05, 3.63) is 81.8 Å². The molecular weight excluding hydrogens is 380 g/mol. The highest BCUT2D eigenvalue weighted by Gasteiger charge is 2.35. The van der Waals surface area contributed by atoms with Crippen LogP contribution in [0.25, 0.3) is 10.8 Å². The topological polar surface area (TPSA) is 113 Å². The van der Waals surface area contributed by atoms with Crippen molar-refractivity contribution in [2.75, 3.05) is 12.5 Å². The highest BCUT2D eigenvalue weighted by atomic mass is 16.1. The molecule has 4 aromatic rings. The number of aromatic amines is 1. The predicted octanol–water partition coefficient (Wildman–Crippen LogP) is 1.57. The van der Waals surface area contributed by atoms with Gasteiger partial charge < -0.3 is 10.7 Å². The van der Waals surface area contributed by atoms with Gasteiger partial charge in [-0.05, 0) is 30.3 Å². The highest BCUT2D eigenvalue weighted by molar-refractivity contribution is 5.96. The van der Waals surface area contributed by atoms with Crippen LogP contribution in [0.5, 0.6) is 0 Å². The fraction of sp³-hybridized carbons (Fsp3) is 0.238. The minimum absolute atomic E-state index is 0.189. The fourth-order valence-electron chi connectivity index (χ4n) is 4.15. The van der Waals surface area contributed by atoms with Crippen molar-refractivity contribution in [2.45, 2.75) is 18.5 Å². The number of rotatable bonds is 4. The van der Waals surface area contributed by atoms with Crippen molar-refractivity contribution < 1.29 is 0 Å². The Kier molecular flexibility index (Phi) is 4.53. The molecule has 0 fully saturated rings. The standard InChI is InChI=1S/C21H22N8O/c1-22-10-12-6-8-13(9-7-12)18-17(20-23-11-24-29(20)2)19-16-14(21(30)28-27-19)4-3-5-15(16)25-26-18/h3-9,11,17-18,22,25-26H,10H2,1-2H3,(H,28,30). The molecule has 152 valence electrons. The molecule has 1 aliphatic rings. The average molecular weight is 402 g/mol. The Morgan fingerprint density at radius 2 is 2.00 bits per heavy atom. The smallest absolute Gasteiger partial charge is 0.272 e. The van der Waals surface area contributed by atoms with Crippen LogP contribution in [0.4, 0.5) is 5.69 Å². The molecule has 0 saturated heterocycles. The van der Waals surface area contributed by atoms with Crippen LogP contribution in [0.15, 0.2) is 53.6 Å². The van der Waals surface area contributed by atoms with Crippen LogP contribution < -0.4 is 21.7 Å². The molecule has 5 rings (SSSR count). The Hall–Kier alpha value is -3.56. The zero-order valence-corrected chi connectivity index (χ0v) is 16.7. The summed E-state index contributed by atoms with van der Waals surface area (Å²) in [4.78, 5) is 17.0. The van der Waals surface area contributed by atoms with Gasteiger partial charge in [0.05, 0.1) is 28.7 Å². The van der Waals surface area contributed by atoms with Gasteiger partial charge in [-0.2, -0.15) is 10.2 Å². The summed E-state index contributed by atoms with van der Waals surface area (Å²) in [7, 11) is 3.79. The molecule has 0 amide bonds. The molecule has 0 aliphatic carbocycles. The van der Waals surface area contributed by atoms with Crippen LogP contribution in [-0.4, -0.2) is 32.0 Å². The molecule has 0 bridgehead atoms. The summed E-state index contributed by atoms with van der Waals surface area (Å²) < 4.78 is 1.75. The second-order valence-electron chi connectivity index (χ2n) is 7.40. The van der Waals surface area contributed by atoms with E-state index in [2.05, 4.69) is 60.7 Å². The summed E-state index contributed by atoms with van der Waals surface area (Å²) in [5.41, 5.74) is 10.4. The molecule has 2 unspecified atom stereocenters. The van der Waals surface area contributed by atoms with E-state index in [1.54, 1.807) is 4.68 Å². The van der Waals surface area contributed by atoms with Gasteiger partial charge in [0, 0.05) is 19.0 Å². The van der Waals surface area contributed by atoms with Gasteiger partial charge >= 0.3 is 0 Å². The zero-order valence-electron chi connectivity index (χ0n) is 16.7. The van der Waals surface area contributed by atoms with Gasteiger partial charge in [-0.1, -0.05) is 30.3 Å². The lowest BCUT2D eigenvalue weighted by molar-refractivity contribution is 0.486. The number of nitrogens with one attached hydrogen (secondary N) is 4. The van der Waals surface area contributed by atoms with E-state index in [0.717, 1.165) is 34.7 Å². The third-order valence-electron chi connectivity index (χ3n) is 5.58. The number of anilines is 1. The number of aromatic nitrogens is 5. The fourth-order valence-corrected chi connectivity index (χ4v) is 4.15. The molecule has 9 heteroatoms. The normalized spacial score (nSPS) is 18.2. The second kappa shape index (κ2) is 7.36. The minimum Gasteiger partial charge on any atom is -0.320 e. The van der Waals surface area contributed by atoms with Crippen LogP contribution in [0.1, 0.15) is 34.6 Å². The molecule has 3 heterocycles. The minimum atomic E-state index is -0.275. The summed E-state index contributed by atoms with van der Waals surface area (Å²) in [5.74, 6) is 0.481. The maximum Gasteiger partial charge on any atom is 0.272 e. The largest absolute Gasteiger partial charge is 0.320 e. The molecule has 0 radical (unpaired) electrons. The number of hydrogen-bond donors (Lipinski definition) is 4. The van der Waals surface area contributed by atoms with E-state index < -0.39 is 0 Å². The van der Waals surface area contributed by atoms with Gasteiger partial charge in [-0.3, -0.25) is 9.48 Å². The highest BCUT2D eigenvalue weighted by Crippen LogP contribution is 2.41. The monoisotopic (exact) mass is 402 g/mol. The van der Waals surface area contributed by atoms with E-state index in [1.807, 2.05) is 32.3 Å². The molecule has 1 aliphatic heterocycles. The summed E-state index contributed by atoms with van der Waals surface area (Å²) in [5, 5.41) is 16.0. The maximum atomic E-state index is 12.4. The first-order valence-corrected chi connectivity index (χ1v) is 9.77. The third kappa shape index (κ3) is 2.95. The molecular formula is C21H22N8O. The van der Waals surface area contributed by atoms with Gasteiger partial charge in [-0.25, -0.2) is 15.5 Å². The molecule has 2 aromatic carbocycles. The average Bonchev–Trinajstić information content (AvgIpc) is 3.11. The van der Waals surface area contributed by atoms with E-state index in [0.29, 0.717) is 5.39 Å². The van der Waals surface area contributed by atoms with Gasteiger partial charge in [0.2, 0.25) is 0 Å². The molecule has 4 N–H and O–H groups in total. The third-order valence-corrected chi connectivity index (χ3v) is 5.58.